The van der Waals surface area contributed by atoms with Gasteiger partial charge in [0.1, 0.15) is 11.3 Å². The maximum Gasteiger partial charge on any atom is 0.413 e. The van der Waals surface area contributed by atoms with Gasteiger partial charge in [0.2, 0.25) is 0 Å². The number of hydrogen-bond donors (Lipinski definition) is 0. The molecule has 1 rings (SSSR count). The van der Waals surface area contributed by atoms with E-state index in [1.165, 1.54) is 4.90 Å². The molecule has 0 aromatic carbocycles. The van der Waals surface area contributed by atoms with Gasteiger partial charge in [-0.05, 0) is 54.5 Å². The summed E-state index contributed by atoms with van der Waals surface area (Å²) in [6.07, 6.45) is 1.23. The number of rotatable bonds is 3. The minimum absolute atomic E-state index is 0.309. The quantitative estimate of drug-likeness (QED) is 0.592. The van der Waals surface area contributed by atoms with E-state index >= 15 is 0 Å². The molecule has 0 N–H and O–H groups in total. The average Bonchev–Trinajstić information content (AvgIpc) is 2.62. The number of carbonyl (C=O) groups is 2. The molecule has 0 bridgehead atoms. The Hall–Kier alpha value is -1.56. The molecule has 0 aromatic heterocycles. The van der Waals surface area contributed by atoms with Crippen molar-refractivity contribution in [3.63, 3.8) is 0 Å². The molecule has 0 aliphatic carbocycles. The molecular formula is C16H27NO5. The van der Waals surface area contributed by atoms with E-state index in [2.05, 4.69) is 0 Å². The van der Waals surface area contributed by atoms with Crippen molar-refractivity contribution in [1.29, 1.82) is 0 Å². The molecule has 1 fully saturated rings. The number of esters is 1. The lowest BCUT2D eigenvalue weighted by Gasteiger charge is -2.34. The van der Waals surface area contributed by atoms with E-state index in [0.717, 1.165) is 0 Å². The normalized spacial score (nSPS) is 21.7. The van der Waals surface area contributed by atoms with Gasteiger partial charge in [-0.2, -0.15) is 0 Å². The molecule has 126 valence electrons. The summed E-state index contributed by atoms with van der Waals surface area (Å²) in [6.45, 7) is 13.1. The molecule has 1 aliphatic heterocycles. The van der Waals surface area contributed by atoms with E-state index in [1.54, 1.807) is 33.8 Å². The fourth-order valence-electron chi connectivity index (χ4n) is 2.22. The molecule has 0 radical (unpaired) electrons. The lowest BCUT2D eigenvalue weighted by atomic mass is 10.1. The second-order valence-corrected chi connectivity index (χ2v) is 6.75. The molecule has 1 saturated heterocycles. The van der Waals surface area contributed by atoms with Crippen molar-refractivity contribution in [3.05, 3.63) is 11.6 Å². The smallest absolute Gasteiger partial charge is 0.413 e. The molecule has 1 amide bonds. The largest absolute Gasteiger partial charge is 0.463 e. The van der Waals surface area contributed by atoms with Crippen molar-refractivity contribution < 1.29 is 23.8 Å². The number of hydrogen-bond acceptors (Lipinski definition) is 5. The Morgan fingerprint density at radius 2 is 1.95 bits per heavy atom. The average molecular weight is 313 g/mol. The van der Waals surface area contributed by atoms with Gasteiger partial charge in [-0.3, -0.25) is 4.90 Å². The van der Waals surface area contributed by atoms with Gasteiger partial charge in [0.05, 0.1) is 19.3 Å². The fraction of sp³-hybridized carbons (Fsp3) is 0.750. The third kappa shape index (κ3) is 4.73. The molecule has 1 atom stereocenters. The van der Waals surface area contributed by atoms with Gasteiger partial charge in [-0.1, -0.05) is 0 Å². The van der Waals surface area contributed by atoms with Crippen LogP contribution >= 0.6 is 0 Å². The highest BCUT2D eigenvalue weighted by atomic mass is 16.6. The molecule has 0 unspecified atom stereocenters. The summed E-state index contributed by atoms with van der Waals surface area (Å²) in [6, 6.07) is -0.366. The summed E-state index contributed by atoms with van der Waals surface area (Å²) >= 11 is 0. The van der Waals surface area contributed by atoms with Crippen LogP contribution in [0.25, 0.3) is 0 Å². The Labute approximate surface area is 132 Å². The monoisotopic (exact) mass is 313 g/mol. The van der Waals surface area contributed by atoms with E-state index < -0.39 is 23.4 Å². The third-order valence-corrected chi connectivity index (χ3v) is 3.15. The van der Waals surface area contributed by atoms with Crippen molar-refractivity contribution >= 4 is 12.1 Å². The summed E-state index contributed by atoms with van der Waals surface area (Å²) < 4.78 is 16.1. The van der Waals surface area contributed by atoms with Gasteiger partial charge >= 0.3 is 12.1 Å². The van der Waals surface area contributed by atoms with Crippen molar-refractivity contribution in [2.75, 3.05) is 13.2 Å². The highest BCUT2D eigenvalue weighted by Crippen LogP contribution is 2.30. The van der Waals surface area contributed by atoms with Gasteiger partial charge in [-0.15, -0.1) is 0 Å². The first kappa shape index (κ1) is 18.5. The molecule has 0 spiro atoms. The first-order valence-corrected chi connectivity index (χ1v) is 7.49. The first-order valence-electron chi connectivity index (χ1n) is 7.49. The van der Waals surface area contributed by atoms with Crippen LogP contribution in [0.2, 0.25) is 0 Å². The minimum Gasteiger partial charge on any atom is -0.463 e. The zero-order valence-corrected chi connectivity index (χ0v) is 14.6. The van der Waals surface area contributed by atoms with Gasteiger partial charge in [0.15, 0.2) is 0 Å². The molecule has 6 nitrogen and oxygen atoms in total. The highest BCUT2D eigenvalue weighted by molar-refractivity contribution is 5.88. The first-order chi connectivity index (χ1) is 9.98. The van der Waals surface area contributed by atoms with Gasteiger partial charge in [0.25, 0.3) is 0 Å². The van der Waals surface area contributed by atoms with Crippen LogP contribution in [-0.2, 0) is 19.0 Å². The predicted molar refractivity (Wildman–Crippen MR) is 82.3 cm³/mol. The van der Waals surface area contributed by atoms with Crippen molar-refractivity contribution in [2.45, 2.75) is 65.8 Å². The van der Waals surface area contributed by atoms with E-state index in [1.807, 2.05) is 20.8 Å². The summed E-state index contributed by atoms with van der Waals surface area (Å²) in [5, 5.41) is 0. The number of amides is 1. The fourth-order valence-corrected chi connectivity index (χ4v) is 2.22. The van der Waals surface area contributed by atoms with E-state index in [4.69, 9.17) is 14.2 Å². The topological polar surface area (TPSA) is 65.1 Å². The number of carbonyl (C=O) groups excluding carboxylic acids is 2. The molecule has 1 heterocycles. The molecule has 22 heavy (non-hydrogen) atoms. The van der Waals surface area contributed by atoms with Crippen LogP contribution in [0.3, 0.4) is 0 Å². The number of ether oxygens (including phenoxy) is 3. The molecular weight excluding hydrogens is 286 g/mol. The van der Waals surface area contributed by atoms with Crippen LogP contribution < -0.4 is 0 Å². The molecule has 0 saturated carbocycles. The zero-order chi connectivity index (χ0) is 17.1. The minimum atomic E-state index is -0.793. The van der Waals surface area contributed by atoms with Crippen LogP contribution in [0.15, 0.2) is 11.6 Å². The standard InChI is InChI=1S/C16H27NO5/c1-8-20-13(18)11(2)9-12-10-21-16(6,7)17(12)14(19)22-15(3,4)5/h9,12H,8,10H2,1-7H3/t12-/m0/s1. The summed E-state index contributed by atoms with van der Waals surface area (Å²) in [5.74, 6) is -0.392. The maximum absolute atomic E-state index is 12.4. The molecule has 6 heteroatoms. The van der Waals surface area contributed by atoms with Gasteiger partial charge < -0.3 is 14.2 Å². The lowest BCUT2D eigenvalue weighted by molar-refractivity contribution is -0.138. The Morgan fingerprint density at radius 3 is 2.45 bits per heavy atom. The van der Waals surface area contributed by atoms with Crippen molar-refractivity contribution in [1.82, 2.24) is 4.90 Å². The Bertz CT molecular complexity index is 462. The van der Waals surface area contributed by atoms with E-state index in [9.17, 15) is 9.59 Å². The second kappa shape index (κ2) is 6.69. The van der Waals surface area contributed by atoms with Gasteiger partial charge in [0, 0.05) is 5.57 Å². The van der Waals surface area contributed by atoms with Crippen molar-refractivity contribution in [2.24, 2.45) is 0 Å². The van der Waals surface area contributed by atoms with Crippen LogP contribution in [-0.4, -0.2) is 47.5 Å². The predicted octanol–water partition coefficient (Wildman–Crippen LogP) is 2.87. The van der Waals surface area contributed by atoms with E-state index in [0.29, 0.717) is 18.8 Å². The van der Waals surface area contributed by atoms with Crippen LogP contribution in [0.1, 0.15) is 48.5 Å². The van der Waals surface area contributed by atoms with Crippen LogP contribution in [0, 0.1) is 0 Å². The second-order valence-electron chi connectivity index (χ2n) is 6.75. The Kier molecular flexibility index (Phi) is 5.62. The highest BCUT2D eigenvalue weighted by Gasteiger charge is 2.45. The summed E-state index contributed by atoms with van der Waals surface area (Å²) in [5.41, 5.74) is -0.944. The Morgan fingerprint density at radius 1 is 1.36 bits per heavy atom. The van der Waals surface area contributed by atoms with Crippen LogP contribution in [0.4, 0.5) is 4.79 Å². The maximum atomic E-state index is 12.4. The van der Waals surface area contributed by atoms with Crippen molar-refractivity contribution in [3.8, 4) is 0 Å². The Balaban J connectivity index is 2.97. The number of nitrogens with zero attached hydrogens (tertiary/aromatic N) is 1. The lowest BCUT2D eigenvalue weighted by Crippen LogP contribution is -2.49. The summed E-state index contributed by atoms with van der Waals surface area (Å²) in [7, 11) is 0. The third-order valence-electron chi connectivity index (χ3n) is 3.15. The van der Waals surface area contributed by atoms with Gasteiger partial charge in [-0.25, -0.2) is 9.59 Å². The molecule has 1 aliphatic rings. The molecule has 0 aromatic rings. The SMILES string of the molecule is CCOC(=O)C(C)=C[C@H]1COC(C)(C)N1C(=O)OC(C)(C)C. The van der Waals surface area contributed by atoms with Crippen LogP contribution in [0.5, 0.6) is 0 Å². The summed E-state index contributed by atoms with van der Waals surface area (Å²) in [4.78, 5) is 25.7. The van der Waals surface area contributed by atoms with E-state index in [-0.39, 0.29) is 6.04 Å². The zero-order valence-electron chi connectivity index (χ0n) is 14.6.